The molecule has 0 saturated carbocycles. The van der Waals surface area contributed by atoms with E-state index < -0.39 is 5.91 Å². The number of ether oxygens (including phenoxy) is 2. The number of amides is 1. The van der Waals surface area contributed by atoms with Crippen molar-refractivity contribution in [1.29, 1.82) is 0 Å². The van der Waals surface area contributed by atoms with Gasteiger partial charge >= 0.3 is 0 Å². The predicted molar refractivity (Wildman–Crippen MR) is 116 cm³/mol. The summed E-state index contributed by atoms with van der Waals surface area (Å²) in [7, 11) is 0. The summed E-state index contributed by atoms with van der Waals surface area (Å²) in [5.74, 6) is 0.202. The maximum Gasteiger partial charge on any atom is 0.282 e. The van der Waals surface area contributed by atoms with Gasteiger partial charge in [0.05, 0.1) is 22.7 Å². The number of fused-ring (bicyclic) bond motifs is 1. The molecular formula is C19H19BrN4O4S. The minimum atomic E-state index is -0.591. The normalized spacial score (nSPS) is 11.3. The predicted octanol–water partition coefficient (Wildman–Crippen LogP) is 2.98. The van der Waals surface area contributed by atoms with Crippen molar-refractivity contribution in [3.8, 4) is 11.5 Å². The van der Waals surface area contributed by atoms with Gasteiger partial charge in [0.1, 0.15) is 11.2 Å². The Kier molecular flexibility index (Phi) is 6.33. The third-order valence-electron chi connectivity index (χ3n) is 4.09. The lowest BCUT2D eigenvalue weighted by Gasteiger charge is -2.13. The lowest BCUT2D eigenvalue weighted by molar-refractivity contribution is -0.119. The molecule has 3 rings (SSSR count). The molecule has 29 heavy (non-hydrogen) atoms. The van der Waals surface area contributed by atoms with Gasteiger partial charge in [0, 0.05) is 4.88 Å². The number of primary amides is 1. The van der Waals surface area contributed by atoms with E-state index in [0.717, 1.165) is 10.4 Å². The molecule has 0 aliphatic rings. The first kappa shape index (κ1) is 21.0. The average molecular weight is 479 g/mol. The van der Waals surface area contributed by atoms with Gasteiger partial charge in [-0.15, -0.1) is 11.3 Å². The largest absolute Gasteiger partial charge is 0.490 e. The summed E-state index contributed by atoms with van der Waals surface area (Å²) in [4.78, 5) is 29.8. The van der Waals surface area contributed by atoms with Crippen molar-refractivity contribution in [2.45, 2.75) is 20.8 Å². The number of thiophene rings is 1. The van der Waals surface area contributed by atoms with Crippen LogP contribution in [0.4, 0.5) is 0 Å². The van der Waals surface area contributed by atoms with Crippen molar-refractivity contribution in [2.75, 3.05) is 13.2 Å². The molecule has 0 atom stereocenters. The van der Waals surface area contributed by atoms with Crippen LogP contribution in [-0.2, 0) is 4.79 Å². The molecule has 1 aromatic carbocycles. The lowest BCUT2D eigenvalue weighted by atomic mass is 10.2. The highest BCUT2D eigenvalue weighted by atomic mass is 79.9. The van der Waals surface area contributed by atoms with Crippen LogP contribution in [0.3, 0.4) is 0 Å². The SMILES string of the molecule is CCOc1cc(/C=N/n2cnc3sc(C)c(C)c3c2=O)cc(Br)c1OCC(N)=O. The van der Waals surface area contributed by atoms with E-state index >= 15 is 0 Å². The molecule has 2 N–H and O–H groups in total. The summed E-state index contributed by atoms with van der Waals surface area (Å²) in [6.45, 7) is 5.83. The van der Waals surface area contributed by atoms with Crippen LogP contribution in [0, 0.1) is 13.8 Å². The van der Waals surface area contributed by atoms with E-state index in [4.69, 9.17) is 15.2 Å². The van der Waals surface area contributed by atoms with Crippen molar-refractivity contribution in [1.82, 2.24) is 9.66 Å². The minimum Gasteiger partial charge on any atom is -0.490 e. The number of rotatable bonds is 7. The molecule has 0 aliphatic heterocycles. The summed E-state index contributed by atoms with van der Waals surface area (Å²) in [5.41, 5.74) is 6.50. The van der Waals surface area contributed by atoms with Gasteiger partial charge in [0.2, 0.25) is 0 Å². The number of benzene rings is 1. The van der Waals surface area contributed by atoms with Crippen molar-refractivity contribution < 1.29 is 14.3 Å². The highest BCUT2D eigenvalue weighted by Gasteiger charge is 2.14. The number of carbonyl (C=O) groups is 1. The summed E-state index contributed by atoms with van der Waals surface area (Å²) in [6.07, 6.45) is 2.92. The number of nitrogens with two attached hydrogens (primary N) is 1. The molecule has 0 radical (unpaired) electrons. The van der Waals surface area contributed by atoms with Crippen molar-refractivity contribution >= 4 is 49.6 Å². The Bertz CT molecular complexity index is 1170. The molecule has 2 aromatic heterocycles. The van der Waals surface area contributed by atoms with E-state index in [9.17, 15) is 9.59 Å². The summed E-state index contributed by atoms with van der Waals surface area (Å²) < 4.78 is 12.8. The third-order valence-corrected chi connectivity index (χ3v) is 5.80. The van der Waals surface area contributed by atoms with Crippen molar-refractivity contribution in [2.24, 2.45) is 10.8 Å². The van der Waals surface area contributed by atoms with Gasteiger partial charge in [-0.25, -0.2) is 4.98 Å². The molecule has 0 bridgehead atoms. The molecule has 0 aliphatic carbocycles. The summed E-state index contributed by atoms with van der Waals surface area (Å²) in [5, 5.41) is 4.83. The van der Waals surface area contributed by atoms with Gasteiger partial charge in [-0.2, -0.15) is 9.78 Å². The Balaban J connectivity index is 1.97. The monoisotopic (exact) mass is 478 g/mol. The van der Waals surface area contributed by atoms with Crippen LogP contribution in [0.15, 0.2) is 32.8 Å². The van der Waals surface area contributed by atoms with Gasteiger partial charge in [-0.05, 0) is 60.0 Å². The third kappa shape index (κ3) is 4.48. The first-order valence-electron chi connectivity index (χ1n) is 8.71. The molecule has 8 nitrogen and oxygen atoms in total. The Labute approximate surface area is 179 Å². The van der Waals surface area contributed by atoms with E-state index in [1.54, 1.807) is 12.1 Å². The lowest BCUT2D eigenvalue weighted by Crippen LogP contribution is -2.20. The van der Waals surface area contributed by atoms with Crippen LogP contribution in [0.5, 0.6) is 11.5 Å². The van der Waals surface area contributed by atoms with Gasteiger partial charge in [-0.3, -0.25) is 9.59 Å². The zero-order chi connectivity index (χ0) is 21.1. The van der Waals surface area contributed by atoms with E-state index in [0.29, 0.717) is 38.4 Å². The first-order chi connectivity index (χ1) is 13.8. The molecule has 1 amide bonds. The van der Waals surface area contributed by atoms with Crippen LogP contribution in [0.2, 0.25) is 0 Å². The zero-order valence-corrected chi connectivity index (χ0v) is 18.5. The molecule has 152 valence electrons. The number of hydrogen-bond acceptors (Lipinski definition) is 7. The molecule has 0 spiro atoms. The topological polar surface area (TPSA) is 109 Å². The number of nitrogens with zero attached hydrogens (tertiary/aromatic N) is 3. The maximum atomic E-state index is 12.7. The maximum absolute atomic E-state index is 12.7. The fourth-order valence-electron chi connectivity index (χ4n) is 2.65. The van der Waals surface area contributed by atoms with Crippen LogP contribution >= 0.6 is 27.3 Å². The van der Waals surface area contributed by atoms with Gasteiger partial charge in [-0.1, -0.05) is 0 Å². The second-order valence-electron chi connectivity index (χ2n) is 6.12. The number of aryl methyl sites for hydroxylation is 2. The van der Waals surface area contributed by atoms with Crippen LogP contribution in [0.1, 0.15) is 22.9 Å². The van der Waals surface area contributed by atoms with E-state index in [-0.39, 0.29) is 12.2 Å². The number of carbonyl (C=O) groups excluding carboxylic acids is 1. The molecule has 0 saturated heterocycles. The highest BCUT2D eigenvalue weighted by Crippen LogP contribution is 2.36. The second-order valence-corrected chi connectivity index (χ2v) is 8.18. The highest BCUT2D eigenvalue weighted by molar-refractivity contribution is 9.10. The Morgan fingerprint density at radius 3 is 2.83 bits per heavy atom. The molecule has 0 unspecified atom stereocenters. The Morgan fingerprint density at radius 2 is 2.14 bits per heavy atom. The number of halogens is 1. The molecule has 2 heterocycles. The zero-order valence-electron chi connectivity index (χ0n) is 16.1. The van der Waals surface area contributed by atoms with E-state index in [1.165, 1.54) is 28.6 Å². The Morgan fingerprint density at radius 1 is 1.38 bits per heavy atom. The van der Waals surface area contributed by atoms with E-state index in [1.807, 2.05) is 20.8 Å². The van der Waals surface area contributed by atoms with Crippen molar-refractivity contribution in [3.05, 3.63) is 49.3 Å². The fraction of sp³-hybridized carbons (Fsp3) is 0.263. The standard InChI is InChI=1S/C19H19BrN4O4S/c1-4-27-14-6-12(5-13(20)17(14)28-8-15(21)25)7-23-24-9-22-18-16(19(24)26)10(2)11(3)29-18/h5-7,9H,4,8H2,1-3H3,(H2,21,25)/b23-7+. The van der Waals surface area contributed by atoms with Crippen molar-refractivity contribution in [3.63, 3.8) is 0 Å². The first-order valence-corrected chi connectivity index (χ1v) is 10.3. The summed E-state index contributed by atoms with van der Waals surface area (Å²) in [6, 6.07) is 3.43. The molecular weight excluding hydrogens is 460 g/mol. The quantitative estimate of drug-likeness (QED) is 0.524. The number of hydrogen-bond donors (Lipinski definition) is 1. The fourth-order valence-corrected chi connectivity index (χ4v) is 4.21. The van der Waals surface area contributed by atoms with Crippen LogP contribution in [-0.4, -0.2) is 35.0 Å². The number of aromatic nitrogens is 2. The van der Waals surface area contributed by atoms with Crippen LogP contribution < -0.4 is 20.8 Å². The van der Waals surface area contributed by atoms with Gasteiger partial charge in [0.25, 0.3) is 11.5 Å². The van der Waals surface area contributed by atoms with Crippen LogP contribution in [0.25, 0.3) is 10.2 Å². The second kappa shape index (κ2) is 8.75. The average Bonchev–Trinajstić information content (AvgIpc) is 2.95. The summed E-state index contributed by atoms with van der Waals surface area (Å²) >= 11 is 4.89. The molecule has 10 heteroatoms. The minimum absolute atomic E-state index is 0.224. The Hall–Kier alpha value is -2.72. The van der Waals surface area contributed by atoms with Gasteiger partial charge in [0.15, 0.2) is 18.1 Å². The van der Waals surface area contributed by atoms with Gasteiger partial charge < -0.3 is 15.2 Å². The van der Waals surface area contributed by atoms with E-state index in [2.05, 4.69) is 26.0 Å². The molecule has 3 aromatic rings. The smallest absolute Gasteiger partial charge is 0.282 e. The molecule has 0 fully saturated rings.